The quantitative estimate of drug-likeness (QED) is 0.0222. The Morgan fingerprint density at radius 1 is 0.287 bits per heavy atom. The number of hydrogen-bond acceptors (Lipinski definition) is 15. The van der Waals surface area contributed by atoms with Crippen LogP contribution in [0.1, 0.15) is 388 Å². The van der Waals surface area contributed by atoms with Gasteiger partial charge in [-0.25, -0.2) is 9.13 Å². The minimum Gasteiger partial charge on any atom is -0.462 e. The Bertz CT molecular complexity index is 1820. The van der Waals surface area contributed by atoms with Crippen LogP contribution in [0, 0.1) is 11.8 Å². The molecule has 0 aromatic carbocycles. The van der Waals surface area contributed by atoms with Crippen molar-refractivity contribution in [2.75, 3.05) is 39.6 Å². The number of aliphatic hydroxyl groups is 1. The fourth-order valence-electron chi connectivity index (χ4n) is 11.5. The van der Waals surface area contributed by atoms with Gasteiger partial charge in [0.15, 0.2) is 12.2 Å². The van der Waals surface area contributed by atoms with Gasteiger partial charge >= 0.3 is 39.5 Å². The average molecular weight is 1380 g/mol. The van der Waals surface area contributed by atoms with Crippen LogP contribution < -0.4 is 0 Å². The van der Waals surface area contributed by atoms with Crippen LogP contribution in [0.5, 0.6) is 0 Å². The van der Waals surface area contributed by atoms with Gasteiger partial charge in [-0.1, -0.05) is 337 Å². The molecule has 0 spiro atoms. The van der Waals surface area contributed by atoms with E-state index in [0.29, 0.717) is 25.7 Å². The van der Waals surface area contributed by atoms with E-state index in [2.05, 4.69) is 41.5 Å². The summed E-state index contributed by atoms with van der Waals surface area (Å²) in [6.45, 7) is 9.52. The lowest BCUT2D eigenvalue weighted by atomic mass is 10.0. The summed E-state index contributed by atoms with van der Waals surface area (Å²) in [5.41, 5.74) is 0. The Morgan fingerprint density at radius 3 is 0.723 bits per heavy atom. The van der Waals surface area contributed by atoms with E-state index in [-0.39, 0.29) is 25.7 Å². The van der Waals surface area contributed by atoms with E-state index in [4.69, 9.17) is 37.0 Å². The van der Waals surface area contributed by atoms with Gasteiger partial charge in [-0.15, -0.1) is 0 Å². The summed E-state index contributed by atoms with van der Waals surface area (Å²) in [6.07, 6.45) is 54.6. The number of phosphoric acid groups is 2. The highest BCUT2D eigenvalue weighted by molar-refractivity contribution is 7.47. The molecule has 19 heteroatoms. The van der Waals surface area contributed by atoms with Gasteiger partial charge in [0.05, 0.1) is 26.4 Å². The second kappa shape index (κ2) is 66.9. The minimum atomic E-state index is -4.95. The first-order chi connectivity index (χ1) is 45.4. The molecular weight excluding hydrogens is 1230 g/mol. The molecule has 0 radical (unpaired) electrons. The van der Waals surface area contributed by atoms with Crippen LogP contribution in [0.4, 0.5) is 0 Å². The minimum absolute atomic E-state index is 0.105. The lowest BCUT2D eigenvalue weighted by Gasteiger charge is -2.21. The third-order valence-electron chi connectivity index (χ3n) is 17.5. The molecule has 0 aliphatic carbocycles. The summed E-state index contributed by atoms with van der Waals surface area (Å²) in [7, 11) is -9.90. The predicted molar refractivity (Wildman–Crippen MR) is 381 cm³/mol. The third kappa shape index (κ3) is 68.6. The second-order valence-corrected chi connectivity index (χ2v) is 30.9. The number of aliphatic hydroxyl groups excluding tert-OH is 1. The maximum absolute atomic E-state index is 13.1. The number of unbranched alkanes of at least 4 members (excludes halogenated alkanes) is 44. The van der Waals surface area contributed by atoms with Crippen molar-refractivity contribution in [3.8, 4) is 0 Å². The molecule has 3 N–H and O–H groups in total. The zero-order valence-electron chi connectivity index (χ0n) is 61.3. The number of phosphoric ester groups is 2. The predicted octanol–water partition coefficient (Wildman–Crippen LogP) is 21.9. The van der Waals surface area contributed by atoms with Crippen molar-refractivity contribution < 1.29 is 80.2 Å². The first-order valence-corrected chi connectivity index (χ1v) is 42.0. The molecule has 0 aromatic heterocycles. The summed E-state index contributed by atoms with van der Waals surface area (Å²) >= 11 is 0. The molecule has 0 aliphatic heterocycles. The van der Waals surface area contributed by atoms with Crippen molar-refractivity contribution in [1.29, 1.82) is 0 Å². The highest BCUT2D eigenvalue weighted by atomic mass is 31.2. The van der Waals surface area contributed by atoms with Crippen LogP contribution in [0.3, 0.4) is 0 Å². The molecule has 0 bridgehead atoms. The van der Waals surface area contributed by atoms with Crippen molar-refractivity contribution in [2.24, 2.45) is 11.8 Å². The Hall–Kier alpha value is -1.94. The Morgan fingerprint density at radius 2 is 0.489 bits per heavy atom. The number of rotatable bonds is 74. The van der Waals surface area contributed by atoms with Crippen molar-refractivity contribution >= 4 is 39.5 Å². The number of carbonyl (C=O) groups excluding carboxylic acids is 4. The standard InChI is InChI=1S/C75H146O17P2/c1-7-9-11-13-14-15-16-17-22-26-29-35-40-46-52-58-73(78)86-64-71(92-75(80)59-53-47-41-36-30-27-24-21-19-18-20-23-25-28-33-38-44-49-55-67(3)4)66-90-94(83,84)88-62-69(76)61-87-93(81,82)89-65-70(63-85-72(77)57-51-43-12-10-8-2)91-74(79)60-54-48-42-37-32-31-34-39-45-50-56-68(5)6/h67-71,76H,7-66H2,1-6H3,(H,81,82)(H,83,84)/t69-,70+,71+/m0/s1. The first kappa shape index (κ1) is 92.1. The summed E-state index contributed by atoms with van der Waals surface area (Å²) in [6, 6.07) is 0. The molecule has 0 rings (SSSR count). The van der Waals surface area contributed by atoms with Crippen molar-refractivity contribution in [1.82, 2.24) is 0 Å². The van der Waals surface area contributed by atoms with Crippen molar-refractivity contribution in [3.05, 3.63) is 0 Å². The number of hydrogen-bond donors (Lipinski definition) is 3. The van der Waals surface area contributed by atoms with Crippen LogP contribution in [-0.2, 0) is 65.4 Å². The average Bonchev–Trinajstić information content (AvgIpc) is 1.71. The SMILES string of the molecule is CCCCCCCCCCCCCCCCCC(=O)OC[C@H](COP(=O)(O)OC[C@@H](O)COP(=O)(O)OC[C@@H](COC(=O)CCCCCCC)OC(=O)CCCCCCCCCCCCC(C)C)OC(=O)CCCCCCCCCCCCCCCCCCCCC(C)C. The van der Waals surface area contributed by atoms with Gasteiger partial charge in [-0.3, -0.25) is 37.3 Å². The van der Waals surface area contributed by atoms with Crippen molar-refractivity contribution in [3.63, 3.8) is 0 Å². The normalized spacial score (nSPS) is 14.0. The molecule has 2 unspecified atom stereocenters. The van der Waals surface area contributed by atoms with E-state index in [9.17, 15) is 43.2 Å². The van der Waals surface area contributed by atoms with Gasteiger partial charge in [-0.2, -0.15) is 0 Å². The van der Waals surface area contributed by atoms with E-state index in [0.717, 1.165) is 108 Å². The highest BCUT2D eigenvalue weighted by Gasteiger charge is 2.30. The molecule has 0 heterocycles. The molecule has 94 heavy (non-hydrogen) atoms. The Balaban J connectivity index is 5.12. The summed E-state index contributed by atoms with van der Waals surface area (Å²) in [4.78, 5) is 72.5. The zero-order valence-corrected chi connectivity index (χ0v) is 63.1. The lowest BCUT2D eigenvalue weighted by molar-refractivity contribution is -0.161. The number of carbonyl (C=O) groups is 4. The van der Waals surface area contributed by atoms with E-state index in [1.54, 1.807) is 0 Å². The number of ether oxygens (including phenoxy) is 4. The first-order valence-electron chi connectivity index (χ1n) is 39.0. The molecular formula is C75H146O17P2. The molecule has 0 fully saturated rings. The summed E-state index contributed by atoms with van der Waals surface area (Å²) in [5, 5.41) is 10.6. The van der Waals surface area contributed by atoms with Gasteiger partial charge in [0.1, 0.15) is 19.3 Å². The monoisotopic (exact) mass is 1380 g/mol. The maximum atomic E-state index is 13.1. The van der Waals surface area contributed by atoms with Gasteiger partial charge in [0, 0.05) is 25.7 Å². The van der Waals surface area contributed by atoms with E-state index in [1.807, 2.05) is 0 Å². The van der Waals surface area contributed by atoms with Gasteiger partial charge in [0.2, 0.25) is 0 Å². The van der Waals surface area contributed by atoms with Gasteiger partial charge in [-0.05, 0) is 37.5 Å². The summed E-state index contributed by atoms with van der Waals surface area (Å²) in [5.74, 6) is -0.555. The van der Waals surface area contributed by atoms with Gasteiger partial charge in [0.25, 0.3) is 0 Å². The lowest BCUT2D eigenvalue weighted by Crippen LogP contribution is -2.30. The molecule has 0 amide bonds. The summed E-state index contributed by atoms with van der Waals surface area (Å²) < 4.78 is 68.3. The highest BCUT2D eigenvalue weighted by Crippen LogP contribution is 2.45. The largest absolute Gasteiger partial charge is 0.472 e. The zero-order chi connectivity index (χ0) is 69.3. The fraction of sp³-hybridized carbons (Fsp3) is 0.947. The molecule has 558 valence electrons. The van der Waals surface area contributed by atoms with E-state index in [1.165, 1.54) is 199 Å². The van der Waals surface area contributed by atoms with E-state index < -0.39 is 97.5 Å². The Kier molecular flexibility index (Phi) is 65.5. The van der Waals surface area contributed by atoms with Crippen LogP contribution in [0.2, 0.25) is 0 Å². The topological polar surface area (TPSA) is 237 Å². The second-order valence-electron chi connectivity index (χ2n) is 28.0. The molecule has 17 nitrogen and oxygen atoms in total. The van der Waals surface area contributed by atoms with Gasteiger partial charge < -0.3 is 33.8 Å². The smallest absolute Gasteiger partial charge is 0.462 e. The molecule has 0 aromatic rings. The fourth-order valence-corrected chi connectivity index (χ4v) is 13.1. The van der Waals surface area contributed by atoms with Crippen LogP contribution in [0.25, 0.3) is 0 Å². The van der Waals surface area contributed by atoms with Crippen LogP contribution in [0.15, 0.2) is 0 Å². The van der Waals surface area contributed by atoms with Crippen LogP contribution in [-0.4, -0.2) is 96.7 Å². The molecule has 0 aliphatic rings. The molecule has 0 saturated heterocycles. The Labute approximate surface area is 575 Å². The molecule has 0 saturated carbocycles. The van der Waals surface area contributed by atoms with E-state index >= 15 is 0 Å². The number of esters is 4. The third-order valence-corrected chi connectivity index (χ3v) is 19.4. The maximum Gasteiger partial charge on any atom is 0.472 e. The van der Waals surface area contributed by atoms with Crippen LogP contribution >= 0.6 is 15.6 Å². The molecule has 5 atom stereocenters. The van der Waals surface area contributed by atoms with Crippen molar-refractivity contribution in [2.45, 2.75) is 407 Å².